The number of nitrogens with one attached hydrogen (secondary N) is 2. The predicted molar refractivity (Wildman–Crippen MR) is 48.3 cm³/mol. The van der Waals surface area contributed by atoms with Crippen LogP contribution >= 0.6 is 0 Å². The Morgan fingerprint density at radius 1 is 1.08 bits per heavy atom. The molecule has 2 aliphatic rings. The lowest BCUT2D eigenvalue weighted by atomic mass is 10.1. The van der Waals surface area contributed by atoms with E-state index >= 15 is 0 Å². The number of hydrogen-bond donors (Lipinski definition) is 2. The molecule has 0 radical (unpaired) electrons. The van der Waals surface area contributed by atoms with Gasteiger partial charge >= 0.3 is 0 Å². The molecule has 3 nitrogen and oxygen atoms in total. The van der Waals surface area contributed by atoms with Crippen LogP contribution in [0.3, 0.4) is 0 Å². The van der Waals surface area contributed by atoms with E-state index in [1.807, 2.05) is 0 Å². The standard InChI is InChI=1S/C9H18N2O/c1-4-10-5-2-8(1)11-9-3-6-12-7-9/h8-11H,1-7H2. The Kier molecular flexibility index (Phi) is 2.98. The van der Waals surface area contributed by atoms with Gasteiger partial charge in [-0.25, -0.2) is 0 Å². The van der Waals surface area contributed by atoms with Crippen LogP contribution in [0.5, 0.6) is 0 Å². The van der Waals surface area contributed by atoms with Crippen LogP contribution in [-0.4, -0.2) is 38.4 Å². The minimum Gasteiger partial charge on any atom is -0.380 e. The molecule has 2 aliphatic heterocycles. The summed E-state index contributed by atoms with van der Waals surface area (Å²) in [6, 6.07) is 1.37. The van der Waals surface area contributed by atoms with Crippen LogP contribution in [-0.2, 0) is 4.74 Å². The van der Waals surface area contributed by atoms with Crippen LogP contribution in [0.2, 0.25) is 0 Å². The molecule has 0 bridgehead atoms. The summed E-state index contributed by atoms with van der Waals surface area (Å²) in [5, 5.41) is 7.02. The van der Waals surface area contributed by atoms with Gasteiger partial charge in [-0.1, -0.05) is 0 Å². The molecular weight excluding hydrogens is 152 g/mol. The highest BCUT2D eigenvalue weighted by Gasteiger charge is 2.20. The van der Waals surface area contributed by atoms with Crippen LogP contribution in [0.25, 0.3) is 0 Å². The lowest BCUT2D eigenvalue weighted by Gasteiger charge is -2.26. The third-order valence-electron chi connectivity index (χ3n) is 2.74. The second kappa shape index (κ2) is 4.21. The molecule has 2 saturated heterocycles. The average Bonchev–Trinajstić information content (AvgIpc) is 2.59. The van der Waals surface area contributed by atoms with Crippen molar-refractivity contribution < 1.29 is 4.74 Å². The van der Waals surface area contributed by atoms with Crippen molar-refractivity contribution in [3.63, 3.8) is 0 Å². The summed E-state index contributed by atoms with van der Waals surface area (Å²) < 4.78 is 5.32. The quantitative estimate of drug-likeness (QED) is 0.617. The normalized spacial score (nSPS) is 32.5. The van der Waals surface area contributed by atoms with Gasteiger partial charge in [0.15, 0.2) is 0 Å². The third kappa shape index (κ3) is 2.19. The highest BCUT2D eigenvalue weighted by Crippen LogP contribution is 2.08. The largest absolute Gasteiger partial charge is 0.380 e. The molecule has 1 atom stereocenters. The van der Waals surface area contributed by atoms with E-state index in [4.69, 9.17) is 4.74 Å². The van der Waals surface area contributed by atoms with E-state index in [0.29, 0.717) is 6.04 Å². The van der Waals surface area contributed by atoms with Crippen LogP contribution in [0.15, 0.2) is 0 Å². The molecule has 2 fully saturated rings. The van der Waals surface area contributed by atoms with Crippen molar-refractivity contribution >= 4 is 0 Å². The summed E-state index contributed by atoms with van der Waals surface area (Å²) in [7, 11) is 0. The van der Waals surface area contributed by atoms with E-state index in [1.54, 1.807) is 0 Å². The summed E-state index contributed by atoms with van der Waals surface area (Å²) in [6.45, 7) is 4.21. The topological polar surface area (TPSA) is 33.3 Å². The van der Waals surface area contributed by atoms with Crippen molar-refractivity contribution in [1.82, 2.24) is 10.6 Å². The van der Waals surface area contributed by atoms with E-state index in [-0.39, 0.29) is 0 Å². The maximum absolute atomic E-state index is 5.32. The van der Waals surface area contributed by atoms with Crippen molar-refractivity contribution in [2.45, 2.75) is 31.3 Å². The summed E-state index contributed by atoms with van der Waals surface area (Å²) in [5.41, 5.74) is 0. The summed E-state index contributed by atoms with van der Waals surface area (Å²) in [4.78, 5) is 0. The summed E-state index contributed by atoms with van der Waals surface area (Å²) >= 11 is 0. The molecule has 1 unspecified atom stereocenters. The summed E-state index contributed by atoms with van der Waals surface area (Å²) in [5.74, 6) is 0. The smallest absolute Gasteiger partial charge is 0.0620 e. The molecule has 0 spiro atoms. The van der Waals surface area contributed by atoms with Gasteiger partial charge in [0.25, 0.3) is 0 Å². The van der Waals surface area contributed by atoms with E-state index in [0.717, 1.165) is 19.3 Å². The molecule has 0 aliphatic carbocycles. The Balaban J connectivity index is 1.69. The predicted octanol–water partition coefficient (Wildman–Crippen LogP) is 0.117. The molecule has 0 aromatic carbocycles. The minimum absolute atomic E-state index is 0.632. The zero-order chi connectivity index (χ0) is 8.23. The number of piperidine rings is 1. The molecule has 0 amide bonds. The van der Waals surface area contributed by atoms with Crippen LogP contribution in [0.4, 0.5) is 0 Å². The maximum Gasteiger partial charge on any atom is 0.0620 e. The first-order valence-electron chi connectivity index (χ1n) is 4.99. The lowest BCUT2D eigenvalue weighted by molar-refractivity contribution is 0.186. The second-order valence-corrected chi connectivity index (χ2v) is 3.75. The number of hydrogen-bond acceptors (Lipinski definition) is 3. The zero-order valence-corrected chi connectivity index (χ0v) is 7.51. The van der Waals surface area contributed by atoms with Gasteiger partial charge in [0.1, 0.15) is 0 Å². The molecule has 0 saturated carbocycles. The van der Waals surface area contributed by atoms with Gasteiger partial charge in [-0.3, -0.25) is 0 Å². The van der Waals surface area contributed by atoms with E-state index in [1.165, 1.54) is 32.4 Å². The molecule has 2 heterocycles. The Labute approximate surface area is 73.9 Å². The van der Waals surface area contributed by atoms with Gasteiger partial charge in [0.2, 0.25) is 0 Å². The Bertz CT molecular complexity index is 128. The van der Waals surface area contributed by atoms with E-state index in [9.17, 15) is 0 Å². The number of ether oxygens (including phenoxy) is 1. The Hall–Kier alpha value is -0.120. The number of rotatable bonds is 2. The highest BCUT2D eigenvalue weighted by molar-refractivity contribution is 4.80. The summed E-state index contributed by atoms with van der Waals surface area (Å²) in [6.07, 6.45) is 3.75. The lowest BCUT2D eigenvalue weighted by Crippen LogP contribution is -2.44. The molecule has 0 aromatic rings. The van der Waals surface area contributed by atoms with Gasteiger partial charge in [-0.2, -0.15) is 0 Å². The van der Waals surface area contributed by atoms with Gasteiger partial charge in [0, 0.05) is 18.7 Å². The monoisotopic (exact) mass is 170 g/mol. The van der Waals surface area contributed by atoms with Crippen molar-refractivity contribution in [2.75, 3.05) is 26.3 Å². The van der Waals surface area contributed by atoms with Crippen molar-refractivity contribution in [3.05, 3.63) is 0 Å². The van der Waals surface area contributed by atoms with Crippen LogP contribution in [0, 0.1) is 0 Å². The molecule has 12 heavy (non-hydrogen) atoms. The first-order valence-corrected chi connectivity index (χ1v) is 4.99. The second-order valence-electron chi connectivity index (χ2n) is 3.75. The fourth-order valence-corrected chi connectivity index (χ4v) is 1.99. The maximum atomic E-state index is 5.32. The van der Waals surface area contributed by atoms with Crippen molar-refractivity contribution in [2.24, 2.45) is 0 Å². The van der Waals surface area contributed by atoms with Gasteiger partial charge in [0.05, 0.1) is 6.61 Å². The molecule has 3 heteroatoms. The average molecular weight is 170 g/mol. The zero-order valence-electron chi connectivity index (χ0n) is 7.51. The fourth-order valence-electron chi connectivity index (χ4n) is 1.99. The van der Waals surface area contributed by atoms with Gasteiger partial charge < -0.3 is 15.4 Å². The van der Waals surface area contributed by atoms with E-state index < -0.39 is 0 Å². The first-order chi connectivity index (χ1) is 5.95. The molecular formula is C9H18N2O. The van der Waals surface area contributed by atoms with Gasteiger partial charge in [-0.05, 0) is 32.4 Å². The van der Waals surface area contributed by atoms with Gasteiger partial charge in [-0.15, -0.1) is 0 Å². The highest BCUT2D eigenvalue weighted by atomic mass is 16.5. The molecule has 70 valence electrons. The SMILES string of the molecule is C1CC(NC2CCOC2)CCN1. The van der Waals surface area contributed by atoms with Crippen LogP contribution in [0.1, 0.15) is 19.3 Å². The molecule has 2 N–H and O–H groups in total. The van der Waals surface area contributed by atoms with Crippen molar-refractivity contribution in [1.29, 1.82) is 0 Å². The molecule has 0 aromatic heterocycles. The Morgan fingerprint density at radius 2 is 1.92 bits per heavy atom. The van der Waals surface area contributed by atoms with E-state index in [2.05, 4.69) is 10.6 Å². The Morgan fingerprint density at radius 3 is 2.58 bits per heavy atom. The van der Waals surface area contributed by atoms with Crippen LogP contribution < -0.4 is 10.6 Å². The fraction of sp³-hybridized carbons (Fsp3) is 1.00. The van der Waals surface area contributed by atoms with Crippen molar-refractivity contribution in [3.8, 4) is 0 Å². The third-order valence-corrected chi connectivity index (χ3v) is 2.74. The first kappa shape index (κ1) is 8.48. The molecule has 2 rings (SSSR count). The minimum atomic E-state index is 0.632.